The summed E-state index contributed by atoms with van der Waals surface area (Å²) >= 11 is 1.51. The lowest BCUT2D eigenvalue weighted by atomic mass is 10.1. The highest BCUT2D eigenvalue weighted by Crippen LogP contribution is 2.33. The van der Waals surface area contributed by atoms with E-state index in [4.69, 9.17) is 9.72 Å². The van der Waals surface area contributed by atoms with Crippen molar-refractivity contribution in [3.63, 3.8) is 0 Å². The van der Waals surface area contributed by atoms with E-state index in [1.807, 2.05) is 34.9 Å². The first kappa shape index (κ1) is 30.5. The van der Waals surface area contributed by atoms with Gasteiger partial charge in [-0.25, -0.2) is 13.4 Å². The molecule has 8 nitrogen and oxygen atoms in total. The first-order valence-electron chi connectivity index (χ1n) is 12.6. The Bertz CT molecular complexity index is 1370. The highest BCUT2D eigenvalue weighted by Gasteiger charge is 2.32. The number of thiazole rings is 1. The smallest absolute Gasteiger partial charge is 0.260 e. The number of rotatable bonds is 8. The number of halogens is 1. The molecule has 0 spiro atoms. The van der Waals surface area contributed by atoms with Gasteiger partial charge in [-0.2, -0.15) is 4.31 Å². The second-order valence-corrected chi connectivity index (χ2v) is 13.1. The van der Waals surface area contributed by atoms with Crippen molar-refractivity contribution in [1.29, 1.82) is 0 Å². The second-order valence-electron chi connectivity index (χ2n) is 10.1. The van der Waals surface area contributed by atoms with E-state index in [0.717, 1.165) is 34.3 Å². The Hall–Kier alpha value is -2.08. The minimum Gasteiger partial charge on any atom is -1.00 e. The van der Waals surface area contributed by atoms with Gasteiger partial charge in [0, 0.05) is 25.2 Å². The molecule has 0 saturated carbocycles. The van der Waals surface area contributed by atoms with Gasteiger partial charge in [0.25, 0.3) is 5.91 Å². The first-order chi connectivity index (χ1) is 17.5. The summed E-state index contributed by atoms with van der Waals surface area (Å²) in [4.78, 5) is 22.5. The fourth-order valence-corrected chi connectivity index (χ4v) is 7.46. The molecule has 1 amide bonds. The van der Waals surface area contributed by atoms with Crippen LogP contribution in [0.2, 0.25) is 0 Å². The molecule has 1 saturated heterocycles. The van der Waals surface area contributed by atoms with E-state index in [1.165, 1.54) is 27.8 Å². The number of nitrogens with zero attached hydrogens (tertiary/aromatic N) is 4. The van der Waals surface area contributed by atoms with Gasteiger partial charge >= 0.3 is 0 Å². The van der Waals surface area contributed by atoms with E-state index >= 15 is 0 Å². The lowest BCUT2D eigenvalue weighted by molar-refractivity contribution is -0.0440. The minimum atomic E-state index is -3.68. The van der Waals surface area contributed by atoms with Gasteiger partial charge in [-0.1, -0.05) is 17.4 Å². The fraction of sp³-hybridized carbons (Fsp3) is 0.481. The van der Waals surface area contributed by atoms with E-state index in [2.05, 4.69) is 24.0 Å². The third-order valence-corrected chi connectivity index (χ3v) is 9.28. The van der Waals surface area contributed by atoms with Crippen LogP contribution in [-0.2, 0) is 14.8 Å². The van der Waals surface area contributed by atoms with Crippen molar-refractivity contribution in [2.24, 2.45) is 0 Å². The van der Waals surface area contributed by atoms with Gasteiger partial charge in [0.05, 0.1) is 27.3 Å². The van der Waals surface area contributed by atoms with Gasteiger partial charge in [0.2, 0.25) is 10.0 Å². The van der Waals surface area contributed by atoms with E-state index in [-0.39, 0.29) is 35.4 Å². The number of carbonyl (C=O) groups excluding carboxylic acids is 1. The van der Waals surface area contributed by atoms with Crippen LogP contribution in [0.15, 0.2) is 41.3 Å². The Morgan fingerprint density at radius 2 is 1.71 bits per heavy atom. The van der Waals surface area contributed by atoms with Crippen molar-refractivity contribution in [3.05, 3.63) is 53.1 Å². The lowest BCUT2D eigenvalue weighted by Crippen LogP contribution is -3.00. The maximum absolute atomic E-state index is 13.7. The van der Waals surface area contributed by atoms with Crippen LogP contribution in [0.3, 0.4) is 0 Å². The lowest BCUT2D eigenvalue weighted by Gasteiger charge is -2.34. The zero-order chi connectivity index (χ0) is 26.9. The van der Waals surface area contributed by atoms with Crippen LogP contribution in [0.25, 0.3) is 10.2 Å². The molecule has 0 N–H and O–H groups in total. The summed E-state index contributed by atoms with van der Waals surface area (Å²) in [5.74, 6) is -0.190. The number of amides is 1. The summed E-state index contributed by atoms with van der Waals surface area (Å²) in [6.45, 7) is 9.79. The van der Waals surface area contributed by atoms with Gasteiger partial charge < -0.3 is 22.0 Å². The molecule has 2 heterocycles. The summed E-state index contributed by atoms with van der Waals surface area (Å²) in [6.07, 6.45) is 0.444. The van der Waals surface area contributed by atoms with Crippen molar-refractivity contribution in [3.8, 4) is 0 Å². The number of carbonyl (C=O) groups is 1. The SMILES string of the molecule is Cc1cc(C)c2nc(N(CCCN(C)C)C(=O)c3ccc(S(=O)(=O)N4CC(C)OC(C)C4)cc3)sc2c1.[Cl-]. The average molecular weight is 580 g/mol. The van der Waals surface area contributed by atoms with Crippen molar-refractivity contribution in [1.82, 2.24) is 14.2 Å². The number of sulfonamides is 1. The minimum absolute atomic E-state index is 0. The summed E-state index contributed by atoms with van der Waals surface area (Å²) in [5, 5.41) is 0.653. The van der Waals surface area contributed by atoms with Gasteiger partial charge in [0.15, 0.2) is 5.13 Å². The Kier molecular flexibility index (Phi) is 9.94. The van der Waals surface area contributed by atoms with Crippen LogP contribution >= 0.6 is 11.3 Å². The number of fused-ring (bicyclic) bond motifs is 1. The molecular weight excluding hydrogens is 544 g/mol. The van der Waals surface area contributed by atoms with E-state index < -0.39 is 10.0 Å². The summed E-state index contributed by atoms with van der Waals surface area (Å²) in [5.41, 5.74) is 3.58. The monoisotopic (exact) mass is 579 g/mol. The first-order valence-corrected chi connectivity index (χ1v) is 14.8. The highest BCUT2D eigenvalue weighted by atomic mass is 35.5. The van der Waals surface area contributed by atoms with Crippen molar-refractivity contribution in [2.75, 3.05) is 45.2 Å². The predicted octanol–water partition coefficient (Wildman–Crippen LogP) is 1.31. The van der Waals surface area contributed by atoms with E-state index in [9.17, 15) is 13.2 Å². The van der Waals surface area contributed by atoms with Crippen molar-refractivity contribution in [2.45, 2.75) is 51.2 Å². The van der Waals surface area contributed by atoms with Crippen LogP contribution in [0, 0.1) is 13.8 Å². The summed E-state index contributed by atoms with van der Waals surface area (Å²) < 4.78 is 34.7. The molecule has 0 radical (unpaired) electrons. The maximum Gasteiger partial charge on any atom is 0.260 e. The average Bonchev–Trinajstić information content (AvgIpc) is 3.25. The van der Waals surface area contributed by atoms with E-state index in [0.29, 0.717) is 30.3 Å². The summed E-state index contributed by atoms with van der Waals surface area (Å²) in [6, 6.07) is 10.4. The zero-order valence-electron chi connectivity index (χ0n) is 22.8. The molecular formula is C27H36ClN4O4S2-. The molecule has 0 aliphatic carbocycles. The number of anilines is 1. The fourth-order valence-electron chi connectivity index (χ4n) is 4.70. The Morgan fingerprint density at radius 3 is 2.32 bits per heavy atom. The predicted molar refractivity (Wildman–Crippen MR) is 149 cm³/mol. The molecule has 11 heteroatoms. The second kappa shape index (κ2) is 12.4. The normalized spacial score (nSPS) is 18.5. The molecule has 2 unspecified atom stereocenters. The molecule has 1 fully saturated rings. The van der Waals surface area contributed by atoms with Crippen LogP contribution in [-0.4, -0.2) is 81.0 Å². The molecule has 3 aromatic rings. The highest BCUT2D eigenvalue weighted by molar-refractivity contribution is 7.89. The third kappa shape index (κ3) is 6.73. The maximum atomic E-state index is 13.7. The molecule has 208 valence electrons. The van der Waals surface area contributed by atoms with Gasteiger partial charge in [-0.15, -0.1) is 0 Å². The zero-order valence-corrected chi connectivity index (χ0v) is 25.2. The Morgan fingerprint density at radius 1 is 1.08 bits per heavy atom. The number of ether oxygens (including phenoxy) is 1. The van der Waals surface area contributed by atoms with Crippen LogP contribution in [0.4, 0.5) is 5.13 Å². The number of aryl methyl sites for hydroxylation is 2. The molecule has 1 aromatic heterocycles. The Labute approximate surface area is 236 Å². The van der Waals surface area contributed by atoms with Crippen LogP contribution in [0.5, 0.6) is 0 Å². The number of hydrogen-bond donors (Lipinski definition) is 0. The summed E-state index contributed by atoms with van der Waals surface area (Å²) in [7, 11) is 0.330. The Balaban J connectivity index is 0.00000400. The van der Waals surface area contributed by atoms with Crippen LogP contribution < -0.4 is 17.3 Å². The molecule has 1 aliphatic heterocycles. The van der Waals surface area contributed by atoms with Gasteiger partial charge in [0.1, 0.15) is 0 Å². The molecule has 0 bridgehead atoms. The standard InChI is InChI=1S/C27H36N4O4S2.ClH/c1-18-14-19(2)25-24(15-18)36-27(28-25)31(13-7-12-29(5)6)26(32)22-8-10-23(11-9-22)37(33,34)30-16-20(3)35-21(4)17-30;/h8-11,14-15,20-21H,7,12-13,16-17H2,1-6H3;1H/p-1. The molecule has 1 aliphatic rings. The van der Waals surface area contributed by atoms with Crippen molar-refractivity contribution >= 4 is 42.6 Å². The number of morpholine rings is 1. The third-order valence-electron chi connectivity index (χ3n) is 6.41. The number of hydrogen-bond acceptors (Lipinski definition) is 7. The molecule has 2 aromatic carbocycles. The molecule has 4 rings (SSSR count). The van der Waals surface area contributed by atoms with E-state index in [1.54, 1.807) is 17.0 Å². The topological polar surface area (TPSA) is 83.1 Å². The number of aromatic nitrogens is 1. The number of benzene rings is 2. The largest absolute Gasteiger partial charge is 1.00 e. The molecule has 38 heavy (non-hydrogen) atoms. The van der Waals surface area contributed by atoms with Gasteiger partial charge in [-0.3, -0.25) is 9.69 Å². The molecule has 2 atom stereocenters. The quantitative estimate of drug-likeness (QED) is 0.400. The van der Waals surface area contributed by atoms with Crippen LogP contribution in [0.1, 0.15) is 41.8 Å². The van der Waals surface area contributed by atoms with Gasteiger partial charge in [-0.05, 0) is 96.2 Å². The van der Waals surface area contributed by atoms with Crippen molar-refractivity contribution < 1.29 is 30.4 Å².